The van der Waals surface area contributed by atoms with E-state index in [0.717, 1.165) is 17.1 Å². The minimum atomic E-state index is 0.159. The summed E-state index contributed by atoms with van der Waals surface area (Å²) in [5, 5.41) is 6.27. The molecular formula is C11H21N5OS. The highest BCUT2D eigenvalue weighted by atomic mass is 32.1. The van der Waals surface area contributed by atoms with Crippen molar-refractivity contribution in [3.63, 3.8) is 0 Å². The summed E-state index contributed by atoms with van der Waals surface area (Å²) in [6.07, 6.45) is 0.815. The molecule has 0 aliphatic rings. The van der Waals surface area contributed by atoms with E-state index in [2.05, 4.69) is 26.1 Å². The molecule has 102 valence electrons. The third-order valence-electron chi connectivity index (χ3n) is 2.24. The fraction of sp³-hybridized carbons (Fsp3) is 0.636. The van der Waals surface area contributed by atoms with E-state index < -0.39 is 0 Å². The third kappa shape index (κ3) is 5.44. The lowest BCUT2D eigenvalue weighted by Crippen LogP contribution is -2.47. The van der Waals surface area contributed by atoms with E-state index in [1.807, 2.05) is 13.8 Å². The molecule has 1 heterocycles. The Morgan fingerprint density at radius 1 is 1.67 bits per heavy atom. The van der Waals surface area contributed by atoms with E-state index in [0.29, 0.717) is 19.1 Å². The zero-order valence-corrected chi connectivity index (χ0v) is 11.9. The third-order valence-corrected chi connectivity index (χ3v) is 3.06. The number of aliphatic imine (C=N–C) groups is 1. The minimum absolute atomic E-state index is 0.159. The van der Waals surface area contributed by atoms with Crippen LogP contribution in [0.25, 0.3) is 0 Å². The van der Waals surface area contributed by atoms with Crippen LogP contribution in [0.3, 0.4) is 0 Å². The largest absolute Gasteiger partial charge is 0.383 e. The van der Waals surface area contributed by atoms with Gasteiger partial charge in [-0.1, -0.05) is 0 Å². The van der Waals surface area contributed by atoms with Gasteiger partial charge in [0.25, 0.3) is 0 Å². The zero-order valence-electron chi connectivity index (χ0n) is 11.1. The van der Waals surface area contributed by atoms with Crippen molar-refractivity contribution in [2.75, 3.05) is 20.3 Å². The Bertz CT molecular complexity index is 379. The standard InChI is InChI=1S/C11H21N5OS/c1-8(6-17-3)14-11(16-12)13-5-4-10-7-18-9(2)15-10/h7-8H,4-6,12H2,1-3H3,(H2,13,14,16). The first-order valence-corrected chi connectivity index (χ1v) is 6.71. The number of guanidine groups is 1. The molecule has 7 heteroatoms. The summed E-state index contributed by atoms with van der Waals surface area (Å²) in [5.41, 5.74) is 3.62. The predicted octanol–water partition coefficient (Wildman–Crippen LogP) is 0.438. The van der Waals surface area contributed by atoms with E-state index >= 15 is 0 Å². The number of hydrogen-bond donors (Lipinski definition) is 3. The van der Waals surface area contributed by atoms with Crippen LogP contribution in [0.1, 0.15) is 17.6 Å². The van der Waals surface area contributed by atoms with Crippen LogP contribution in [-0.4, -0.2) is 37.2 Å². The van der Waals surface area contributed by atoms with Crippen LogP contribution in [-0.2, 0) is 11.2 Å². The lowest BCUT2D eigenvalue weighted by atomic mass is 10.3. The molecule has 0 saturated carbocycles. The van der Waals surface area contributed by atoms with Crippen molar-refractivity contribution >= 4 is 17.3 Å². The van der Waals surface area contributed by atoms with E-state index in [1.54, 1.807) is 18.4 Å². The summed E-state index contributed by atoms with van der Waals surface area (Å²) in [5.74, 6) is 5.98. The molecule has 0 aromatic carbocycles. The molecule has 0 amide bonds. The van der Waals surface area contributed by atoms with Crippen molar-refractivity contribution in [1.29, 1.82) is 0 Å². The molecule has 0 spiro atoms. The van der Waals surface area contributed by atoms with Gasteiger partial charge in [0.2, 0.25) is 5.96 Å². The Kier molecular flexibility index (Phi) is 6.63. The van der Waals surface area contributed by atoms with Gasteiger partial charge in [0.1, 0.15) is 0 Å². The molecule has 0 aliphatic carbocycles. The number of aromatic nitrogens is 1. The molecule has 1 aromatic rings. The number of ether oxygens (including phenoxy) is 1. The second-order valence-corrected chi connectivity index (χ2v) is 5.05. The second-order valence-electron chi connectivity index (χ2n) is 3.98. The van der Waals surface area contributed by atoms with Crippen molar-refractivity contribution in [3.05, 3.63) is 16.1 Å². The monoisotopic (exact) mass is 271 g/mol. The van der Waals surface area contributed by atoms with Crippen LogP contribution < -0.4 is 16.6 Å². The number of nitrogens with two attached hydrogens (primary N) is 1. The van der Waals surface area contributed by atoms with Gasteiger partial charge in [0.15, 0.2) is 0 Å². The first kappa shape index (κ1) is 14.9. The van der Waals surface area contributed by atoms with Gasteiger partial charge in [-0.05, 0) is 13.8 Å². The predicted molar refractivity (Wildman–Crippen MR) is 74.7 cm³/mol. The van der Waals surface area contributed by atoms with Crippen molar-refractivity contribution in [2.24, 2.45) is 10.8 Å². The first-order chi connectivity index (χ1) is 8.65. The smallest absolute Gasteiger partial charge is 0.206 e. The van der Waals surface area contributed by atoms with Crippen LogP contribution >= 0.6 is 11.3 Å². The molecular weight excluding hydrogens is 250 g/mol. The highest BCUT2D eigenvalue weighted by molar-refractivity contribution is 7.09. The van der Waals surface area contributed by atoms with Crippen molar-refractivity contribution in [2.45, 2.75) is 26.3 Å². The van der Waals surface area contributed by atoms with Gasteiger partial charge in [-0.15, -0.1) is 11.3 Å². The molecule has 1 unspecified atom stereocenters. The number of nitrogens with one attached hydrogen (secondary N) is 2. The molecule has 0 radical (unpaired) electrons. The van der Waals surface area contributed by atoms with Gasteiger partial charge in [-0.3, -0.25) is 10.4 Å². The molecule has 0 aliphatic heterocycles. The van der Waals surface area contributed by atoms with E-state index in [4.69, 9.17) is 10.6 Å². The quantitative estimate of drug-likeness (QED) is 0.302. The molecule has 1 rings (SSSR count). The SMILES string of the molecule is COCC(C)NC(=NCCc1csc(C)n1)NN. The van der Waals surface area contributed by atoms with Gasteiger partial charge < -0.3 is 10.1 Å². The van der Waals surface area contributed by atoms with Crippen LogP contribution in [0.4, 0.5) is 0 Å². The van der Waals surface area contributed by atoms with Crippen molar-refractivity contribution in [1.82, 2.24) is 15.7 Å². The van der Waals surface area contributed by atoms with Crippen molar-refractivity contribution < 1.29 is 4.74 Å². The summed E-state index contributed by atoms with van der Waals surface area (Å²) in [4.78, 5) is 8.73. The number of rotatable bonds is 6. The van der Waals surface area contributed by atoms with Gasteiger partial charge in [-0.2, -0.15) is 0 Å². The Balaban J connectivity index is 2.37. The Morgan fingerprint density at radius 2 is 2.44 bits per heavy atom. The maximum absolute atomic E-state index is 5.40. The van der Waals surface area contributed by atoms with Crippen LogP contribution in [0.5, 0.6) is 0 Å². The normalized spacial score (nSPS) is 13.4. The van der Waals surface area contributed by atoms with E-state index in [-0.39, 0.29) is 6.04 Å². The van der Waals surface area contributed by atoms with E-state index in [1.165, 1.54) is 0 Å². The number of hydrogen-bond acceptors (Lipinski definition) is 5. The van der Waals surface area contributed by atoms with Crippen LogP contribution in [0.15, 0.2) is 10.4 Å². The average Bonchev–Trinajstić information content (AvgIpc) is 2.74. The van der Waals surface area contributed by atoms with Gasteiger partial charge >= 0.3 is 0 Å². The molecule has 0 bridgehead atoms. The summed E-state index contributed by atoms with van der Waals surface area (Å²) in [6, 6.07) is 0.159. The fourth-order valence-electron chi connectivity index (χ4n) is 1.46. The molecule has 18 heavy (non-hydrogen) atoms. The topological polar surface area (TPSA) is 84.6 Å². The lowest BCUT2D eigenvalue weighted by molar-refractivity contribution is 0.179. The lowest BCUT2D eigenvalue weighted by Gasteiger charge is -2.15. The molecule has 1 aromatic heterocycles. The number of hydrazine groups is 1. The second kappa shape index (κ2) is 8.02. The molecule has 0 saturated heterocycles. The van der Waals surface area contributed by atoms with Crippen molar-refractivity contribution in [3.8, 4) is 0 Å². The summed E-state index contributed by atoms with van der Waals surface area (Å²) in [6.45, 7) is 5.25. The highest BCUT2D eigenvalue weighted by Crippen LogP contribution is 2.08. The molecule has 6 nitrogen and oxygen atoms in total. The fourth-order valence-corrected chi connectivity index (χ4v) is 2.11. The molecule has 0 fully saturated rings. The number of aryl methyl sites for hydroxylation is 1. The number of nitrogens with zero attached hydrogens (tertiary/aromatic N) is 2. The summed E-state index contributed by atoms with van der Waals surface area (Å²) in [7, 11) is 1.66. The Hall–Kier alpha value is -1.18. The average molecular weight is 271 g/mol. The van der Waals surface area contributed by atoms with Gasteiger partial charge in [-0.25, -0.2) is 10.8 Å². The molecule has 1 atom stereocenters. The maximum atomic E-state index is 5.40. The minimum Gasteiger partial charge on any atom is -0.383 e. The summed E-state index contributed by atoms with van der Waals surface area (Å²) < 4.78 is 5.03. The number of thiazole rings is 1. The zero-order chi connectivity index (χ0) is 13.4. The van der Waals surface area contributed by atoms with Gasteiger partial charge in [0, 0.05) is 31.5 Å². The van der Waals surface area contributed by atoms with Crippen LogP contribution in [0.2, 0.25) is 0 Å². The first-order valence-electron chi connectivity index (χ1n) is 5.83. The summed E-state index contributed by atoms with van der Waals surface area (Å²) >= 11 is 1.65. The highest BCUT2D eigenvalue weighted by Gasteiger charge is 2.03. The Labute approximate surface area is 112 Å². The number of methoxy groups -OCH3 is 1. The maximum Gasteiger partial charge on any atom is 0.206 e. The van der Waals surface area contributed by atoms with Gasteiger partial charge in [0.05, 0.1) is 17.3 Å². The van der Waals surface area contributed by atoms with Crippen LogP contribution in [0, 0.1) is 6.92 Å². The molecule has 4 N–H and O–H groups in total. The Morgan fingerprint density at radius 3 is 3.00 bits per heavy atom. The van der Waals surface area contributed by atoms with E-state index in [9.17, 15) is 0 Å².